The maximum Gasteiger partial charge on any atom is 0.253 e. The fraction of sp³-hybridized carbons (Fsp3) is 0.500. The van der Waals surface area contributed by atoms with E-state index in [-0.39, 0.29) is 5.91 Å². The Morgan fingerprint density at radius 3 is 2.84 bits per heavy atom. The molecule has 0 saturated heterocycles. The lowest BCUT2D eigenvalue weighted by molar-refractivity contribution is 0.0906. The van der Waals surface area contributed by atoms with Gasteiger partial charge >= 0.3 is 0 Å². The van der Waals surface area contributed by atoms with Crippen LogP contribution in [0.2, 0.25) is 5.02 Å². The van der Waals surface area contributed by atoms with E-state index in [2.05, 4.69) is 19.2 Å². The molecule has 0 fully saturated rings. The van der Waals surface area contributed by atoms with Gasteiger partial charge in [0.1, 0.15) is 0 Å². The van der Waals surface area contributed by atoms with E-state index in [0.717, 1.165) is 6.42 Å². The summed E-state index contributed by atoms with van der Waals surface area (Å²) in [6, 6.07) is 5.01. The van der Waals surface area contributed by atoms with E-state index >= 15 is 0 Å². The van der Waals surface area contributed by atoms with Crippen molar-refractivity contribution in [2.45, 2.75) is 20.3 Å². The number of halogens is 1. The SMILES string of the molecule is CC(C)CCOCCNC(=O)c1cccc(Cl)c1N. The molecule has 0 bridgehead atoms. The topological polar surface area (TPSA) is 64.3 Å². The summed E-state index contributed by atoms with van der Waals surface area (Å²) in [6.07, 6.45) is 1.02. The zero-order valence-corrected chi connectivity index (χ0v) is 12.2. The maximum absolute atomic E-state index is 11.9. The number of amides is 1. The summed E-state index contributed by atoms with van der Waals surface area (Å²) in [6.45, 7) is 5.97. The molecule has 5 heteroatoms. The average molecular weight is 285 g/mol. The Bertz CT molecular complexity index is 422. The molecule has 4 nitrogen and oxygen atoms in total. The van der Waals surface area contributed by atoms with E-state index in [1.807, 2.05) is 0 Å². The first-order valence-electron chi connectivity index (χ1n) is 6.42. The lowest BCUT2D eigenvalue weighted by Crippen LogP contribution is -2.28. The van der Waals surface area contributed by atoms with Crippen LogP contribution in [-0.4, -0.2) is 25.7 Å². The van der Waals surface area contributed by atoms with Gasteiger partial charge in [-0.3, -0.25) is 4.79 Å². The van der Waals surface area contributed by atoms with Gasteiger partial charge in [0, 0.05) is 13.2 Å². The third-order valence-corrected chi connectivity index (χ3v) is 3.00. The Morgan fingerprint density at radius 2 is 2.16 bits per heavy atom. The highest BCUT2D eigenvalue weighted by Gasteiger charge is 2.10. The number of nitrogens with one attached hydrogen (secondary N) is 1. The molecule has 1 rings (SSSR count). The van der Waals surface area contributed by atoms with Gasteiger partial charge in [0.15, 0.2) is 0 Å². The number of carbonyl (C=O) groups excluding carboxylic acids is 1. The van der Waals surface area contributed by atoms with Gasteiger partial charge in [0.25, 0.3) is 5.91 Å². The molecule has 0 radical (unpaired) electrons. The van der Waals surface area contributed by atoms with E-state index < -0.39 is 0 Å². The van der Waals surface area contributed by atoms with Crippen molar-refractivity contribution in [3.63, 3.8) is 0 Å². The average Bonchev–Trinajstić information content (AvgIpc) is 2.36. The second kappa shape index (κ2) is 8.02. The van der Waals surface area contributed by atoms with E-state index in [9.17, 15) is 4.79 Å². The zero-order valence-electron chi connectivity index (χ0n) is 11.4. The molecule has 0 unspecified atom stereocenters. The summed E-state index contributed by atoms with van der Waals surface area (Å²) >= 11 is 5.86. The predicted molar refractivity (Wildman–Crippen MR) is 78.5 cm³/mol. The van der Waals surface area contributed by atoms with Crippen molar-refractivity contribution < 1.29 is 9.53 Å². The molecule has 0 aliphatic heterocycles. The maximum atomic E-state index is 11.9. The summed E-state index contributed by atoms with van der Waals surface area (Å²) in [5.74, 6) is 0.397. The lowest BCUT2D eigenvalue weighted by atomic mass is 10.1. The summed E-state index contributed by atoms with van der Waals surface area (Å²) in [4.78, 5) is 11.9. The van der Waals surface area contributed by atoms with Crippen LogP contribution in [-0.2, 0) is 4.74 Å². The van der Waals surface area contributed by atoms with Gasteiger partial charge in [0.2, 0.25) is 0 Å². The Labute approximate surface area is 119 Å². The van der Waals surface area contributed by atoms with Crippen LogP contribution >= 0.6 is 11.6 Å². The second-order valence-corrected chi connectivity index (χ2v) is 5.16. The number of carbonyl (C=O) groups is 1. The number of ether oxygens (including phenoxy) is 1. The third kappa shape index (κ3) is 5.49. The fourth-order valence-electron chi connectivity index (χ4n) is 1.49. The Kier molecular flexibility index (Phi) is 6.67. The normalized spacial score (nSPS) is 10.7. The first kappa shape index (κ1) is 15.8. The Morgan fingerprint density at radius 1 is 1.42 bits per heavy atom. The molecule has 0 atom stereocenters. The van der Waals surface area contributed by atoms with Gasteiger partial charge in [-0.1, -0.05) is 31.5 Å². The number of anilines is 1. The van der Waals surface area contributed by atoms with Crippen LogP contribution in [0.15, 0.2) is 18.2 Å². The summed E-state index contributed by atoms with van der Waals surface area (Å²) in [5, 5.41) is 3.14. The summed E-state index contributed by atoms with van der Waals surface area (Å²) in [5.41, 5.74) is 6.45. The van der Waals surface area contributed by atoms with Crippen LogP contribution in [0.4, 0.5) is 5.69 Å². The lowest BCUT2D eigenvalue weighted by Gasteiger charge is -2.09. The van der Waals surface area contributed by atoms with E-state index in [4.69, 9.17) is 22.1 Å². The minimum absolute atomic E-state index is 0.229. The van der Waals surface area contributed by atoms with Gasteiger partial charge < -0.3 is 15.8 Å². The molecule has 0 aliphatic carbocycles. The molecule has 3 N–H and O–H groups in total. The smallest absolute Gasteiger partial charge is 0.253 e. The van der Waals surface area contributed by atoms with E-state index in [0.29, 0.717) is 41.9 Å². The molecular formula is C14H21ClN2O2. The molecule has 19 heavy (non-hydrogen) atoms. The van der Waals surface area contributed by atoms with Gasteiger partial charge in [0.05, 0.1) is 22.9 Å². The number of hydrogen-bond acceptors (Lipinski definition) is 3. The number of nitrogens with two attached hydrogens (primary N) is 1. The van der Waals surface area contributed by atoms with Crippen molar-refractivity contribution >= 4 is 23.2 Å². The van der Waals surface area contributed by atoms with Crippen LogP contribution in [0.5, 0.6) is 0 Å². The monoisotopic (exact) mass is 284 g/mol. The van der Waals surface area contributed by atoms with Gasteiger partial charge in [-0.2, -0.15) is 0 Å². The predicted octanol–water partition coefficient (Wildman–Crippen LogP) is 2.71. The highest BCUT2D eigenvalue weighted by atomic mass is 35.5. The highest BCUT2D eigenvalue weighted by molar-refractivity contribution is 6.33. The van der Waals surface area contributed by atoms with E-state index in [1.54, 1.807) is 18.2 Å². The van der Waals surface area contributed by atoms with Crippen LogP contribution < -0.4 is 11.1 Å². The largest absolute Gasteiger partial charge is 0.397 e. The van der Waals surface area contributed by atoms with Crippen LogP contribution in [0, 0.1) is 5.92 Å². The first-order valence-corrected chi connectivity index (χ1v) is 6.80. The molecule has 0 aliphatic rings. The minimum Gasteiger partial charge on any atom is -0.397 e. The quantitative estimate of drug-likeness (QED) is 0.598. The molecule has 106 valence electrons. The number of hydrogen-bond donors (Lipinski definition) is 2. The zero-order chi connectivity index (χ0) is 14.3. The molecule has 0 heterocycles. The van der Waals surface area contributed by atoms with Gasteiger partial charge in [-0.05, 0) is 24.5 Å². The van der Waals surface area contributed by atoms with Crippen molar-refractivity contribution in [3.8, 4) is 0 Å². The fourth-order valence-corrected chi connectivity index (χ4v) is 1.66. The molecule has 0 spiro atoms. The Balaban J connectivity index is 2.30. The first-order chi connectivity index (χ1) is 9.02. The standard InChI is InChI=1S/C14H21ClN2O2/c1-10(2)6-8-19-9-7-17-14(18)11-4-3-5-12(15)13(11)16/h3-5,10H,6-9,16H2,1-2H3,(H,17,18). The van der Waals surface area contributed by atoms with Crippen LogP contribution in [0.1, 0.15) is 30.6 Å². The highest BCUT2D eigenvalue weighted by Crippen LogP contribution is 2.21. The summed E-state index contributed by atoms with van der Waals surface area (Å²) < 4.78 is 5.41. The number of para-hydroxylation sites is 1. The van der Waals surface area contributed by atoms with Crippen LogP contribution in [0.3, 0.4) is 0 Å². The van der Waals surface area contributed by atoms with Gasteiger partial charge in [-0.15, -0.1) is 0 Å². The van der Waals surface area contributed by atoms with Gasteiger partial charge in [-0.25, -0.2) is 0 Å². The van der Waals surface area contributed by atoms with Crippen molar-refractivity contribution in [3.05, 3.63) is 28.8 Å². The van der Waals surface area contributed by atoms with E-state index in [1.165, 1.54) is 0 Å². The molecule has 0 aromatic heterocycles. The number of rotatable bonds is 7. The molecule has 1 aromatic carbocycles. The van der Waals surface area contributed by atoms with Crippen molar-refractivity contribution in [1.29, 1.82) is 0 Å². The number of benzene rings is 1. The number of nitrogen functional groups attached to an aromatic ring is 1. The minimum atomic E-state index is -0.229. The second-order valence-electron chi connectivity index (χ2n) is 4.75. The van der Waals surface area contributed by atoms with Crippen molar-refractivity contribution in [2.75, 3.05) is 25.5 Å². The van der Waals surface area contributed by atoms with Crippen LogP contribution in [0.25, 0.3) is 0 Å². The Hall–Kier alpha value is -1.26. The molecule has 1 amide bonds. The molecular weight excluding hydrogens is 264 g/mol. The molecule has 1 aromatic rings. The van der Waals surface area contributed by atoms with Crippen molar-refractivity contribution in [1.82, 2.24) is 5.32 Å². The molecule has 0 saturated carbocycles. The summed E-state index contributed by atoms with van der Waals surface area (Å²) in [7, 11) is 0. The van der Waals surface area contributed by atoms with Crippen molar-refractivity contribution in [2.24, 2.45) is 5.92 Å². The third-order valence-electron chi connectivity index (χ3n) is 2.67.